The molecule has 1 atom stereocenters. The highest BCUT2D eigenvalue weighted by Gasteiger charge is 2.38. The van der Waals surface area contributed by atoms with Crippen LogP contribution in [0.15, 0.2) is 24.3 Å². The average Bonchev–Trinajstić information content (AvgIpc) is 3.10. The van der Waals surface area contributed by atoms with Crippen molar-refractivity contribution in [1.82, 2.24) is 9.21 Å². The Balaban J connectivity index is 1.84. The van der Waals surface area contributed by atoms with E-state index in [1.807, 2.05) is 24.3 Å². The Morgan fingerprint density at radius 3 is 2.52 bits per heavy atom. The van der Waals surface area contributed by atoms with Crippen LogP contribution in [-0.2, 0) is 10.0 Å². The average molecular weight is 338 g/mol. The molecule has 0 aromatic heterocycles. The molecule has 5 nitrogen and oxygen atoms in total. The SMILES string of the molecule is COc1ccccc1C1CN(S(=O)(=O)C2CCCC2)CCN1C. The number of rotatable bonds is 4. The number of methoxy groups -OCH3 is 1. The van der Waals surface area contributed by atoms with Gasteiger partial charge in [0.1, 0.15) is 5.75 Å². The van der Waals surface area contributed by atoms with Crippen LogP contribution in [0.5, 0.6) is 5.75 Å². The molecule has 3 rings (SSSR count). The van der Waals surface area contributed by atoms with E-state index < -0.39 is 10.0 Å². The van der Waals surface area contributed by atoms with Gasteiger partial charge in [-0.1, -0.05) is 31.0 Å². The first-order valence-electron chi connectivity index (χ1n) is 8.36. The van der Waals surface area contributed by atoms with E-state index in [1.165, 1.54) is 0 Å². The number of sulfonamides is 1. The summed E-state index contributed by atoms with van der Waals surface area (Å²) >= 11 is 0. The van der Waals surface area contributed by atoms with E-state index in [2.05, 4.69) is 11.9 Å². The monoisotopic (exact) mass is 338 g/mol. The van der Waals surface area contributed by atoms with Crippen molar-refractivity contribution < 1.29 is 13.2 Å². The van der Waals surface area contributed by atoms with Crippen LogP contribution >= 0.6 is 0 Å². The van der Waals surface area contributed by atoms with Crippen LogP contribution in [-0.4, -0.2) is 56.7 Å². The lowest BCUT2D eigenvalue weighted by Crippen LogP contribution is -2.51. The van der Waals surface area contributed by atoms with Crippen molar-refractivity contribution in [1.29, 1.82) is 0 Å². The Hall–Kier alpha value is -1.11. The molecule has 0 N–H and O–H groups in total. The quantitative estimate of drug-likeness (QED) is 0.845. The Bertz CT molecular complexity index is 641. The largest absolute Gasteiger partial charge is 0.496 e. The van der Waals surface area contributed by atoms with Gasteiger partial charge < -0.3 is 4.74 Å². The molecule has 0 amide bonds. The lowest BCUT2D eigenvalue weighted by molar-refractivity contribution is 0.145. The van der Waals surface area contributed by atoms with Crippen molar-refractivity contribution in [2.75, 3.05) is 33.8 Å². The second-order valence-corrected chi connectivity index (χ2v) is 8.76. The molecule has 1 aromatic rings. The number of likely N-dealkylation sites (N-methyl/N-ethyl adjacent to an activating group) is 1. The molecule has 2 fully saturated rings. The molecule has 0 spiro atoms. The Kier molecular flexibility index (Phi) is 4.94. The standard InChI is InChI=1S/C17H26N2O3S/c1-18-11-12-19(23(20,21)14-7-3-4-8-14)13-16(18)15-9-5-6-10-17(15)22-2/h5-6,9-10,14,16H,3-4,7-8,11-13H2,1-2H3. The molecule has 1 aliphatic heterocycles. The molecule has 1 saturated heterocycles. The Morgan fingerprint density at radius 2 is 1.83 bits per heavy atom. The van der Waals surface area contributed by atoms with Crippen LogP contribution in [0.1, 0.15) is 37.3 Å². The van der Waals surface area contributed by atoms with Crippen molar-refractivity contribution in [3.63, 3.8) is 0 Å². The van der Waals surface area contributed by atoms with Crippen LogP contribution in [0, 0.1) is 0 Å². The van der Waals surface area contributed by atoms with Crippen LogP contribution in [0.4, 0.5) is 0 Å². The first-order valence-corrected chi connectivity index (χ1v) is 9.86. The van der Waals surface area contributed by atoms with Crippen molar-refractivity contribution in [3.05, 3.63) is 29.8 Å². The highest BCUT2D eigenvalue weighted by Crippen LogP contribution is 2.34. The van der Waals surface area contributed by atoms with Crippen molar-refractivity contribution in [3.8, 4) is 5.75 Å². The third kappa shape index (κ3) is 3.25. The summed E-state index contributed by atoms with van der Waals surface area (Å²) in [7, 11) is 0.534. The molecule has 0 bridgehead atoms. The normalized spacial score (nSPS) is 24.9. The third-order valence-corrected chi connectivity index (χ3v) is 7.56. The van der Waals surface area contributed by atoms with E-state index in [4.69, 9.17) is 4.74 Å². The fraction of sp³-hybridized carbons (Fsp3) is 0.647. The van der Waals surface area contributed by atoms with Gasteiger partial charge in [0, 0.05) is 25.2 Å². The van der Waals surface area contributed by atoms with Gasteiger partial charge in [0.15, 0.2) is 0 Å². The first kappa shape index (κ1) is 16.7. The van der Waals surface area contributed by atoms with E-state index >= 15 is 0 Å². The maximum absolute atomic E-state index is 12.9. The van der Waals surface area contributed by atoms with Gasteiger partial charge in [0.05, 0.1) is 18.4 Å². The van der Waals surface area contributed by atoms with Gasteiger partial charge in [0.2, 0.25) is 10.0 Å². The highest BCUT2D eigenvalue weighted by molar-refractivity contribution is 7.89. The summed E-state index contributed by atoms with van der Waals surface area (Å²) in [6, 6.07) is 7.93. The fourth-order valence-electron chi connectivity index (χ4n) is 3.75. The van der Waals surface area contributed by atoms with Gasteiger partial charge in [-0.15, -0.1) is 0 Å². The van der Waals surface area contributed by atoms with Crippen molar-refractivity contribution >= 4 is 10.0 Å². The van der Waals surface area contributed by atoms with Gasteiger partial charge in [-0.25, -0.2) is 8.42 Å². The fourth-order valence-corrected chi connectivity index (χ4v) is 5.79. The van der Waals surface area contributed by atoms with Gasteiger partial charge in [-0.3, -0.25) is 4.90 Å². The molecule has 1 aliphatic carbocycles. The molecular formula is C17H26N2O3S. The summed E-state index contributed by atoms with van der Waals surface area (Å²) in [4.78, 5) is 2.22. The van der Waals surface area contributed by atoms with Gasteiger partial charge >= 0.3 is 0 Å². The van der Waals surface area contributed by atoms with Gasteiger partial charge in [0.25, 0.3) is 0 Å². The first-order chi connectivity index (χ1) is 11.0. The number of benzene rings is 1. The number of hydrogen-bond acceptors (Lipinski definition) is 4. The summed E-state index contributed by atoms with van der Waals surface area (Å²) in [5, 5.41) is -0.177. The molecule has 0 radical (unpaired) electrons. The predicted molar refractivity (Wildman–Crippen MR) is 91.1 cm³/mol. The van der Waals surface area contributed by atoms with E-state index in [0.717, 1.165) is 43.5 Å². The summed E-state index contributed by atoms with van der Waals surface area (Å²) < 4.78 is 33.0. The lowest BCUT2D eigenvalue weighted by Gasteiger charge is -2.40. The second kappa shape index (κ2) is 6.79. The summed E-state index contributed by atoms with van der Waals surface area (Å²) in [5.74, 6) is 0.824. The zero-order chi connectivity index (χ0) is 16.4. The van der Waals surface area contributed by atoms with Gasteiger partial charge in [-0.2, -0.15) is 4.31 Å². The van der Waals surface area contributed by atoms with Crippen LogP contribution in [0.3, 0.4) is 0 Å². The summed E-state index contributed by atoms with van der Waals surface area (Å²) in [6.07, 6.45) is 3.70. The zero-order valence-electron chi connectivity index (χ0n) is 13.9. The maximum atomic E-state index is 12.9. The summed E-state index contributed by atoms with van der Waals surface area (Å²) in [5.41, 5.74) is 1.06. The second-order valence-electron chi connectivity index (χ2n) is 6.55. The van der Waals surface area contributed by atoms with Crippen molar-refractivity contribution in [2.45, 2.75) is 37.0 Å². The van der Waals surface area contributed by atoms with Crippen LogP contribution < -0.4 is 4.74 Å². The third-order valence-electron chi connectivity index (χ3n) is 5.19. The maximum Gasteiger partial charge on any atom is 0.217 e. The molecule has 1 saturated carbocycles. The smallest absolute Gasteiger partial charge is 0.217 e. The van der Waals surface area contributed by atoms with E-state index in [1.54, 1.807) is 11.4 Å². The minimum Gasteiger partial charge on any atom is -0.496 e. The molecule has 1 aromatic carbocycles. The molecular weight excluding hydrogens is 312 g/mol. The molecule has 1 heterocycles. The predicted octanol–water partition coefficient (Wildman–Crippen LogP) is 2.26. The van der Waals surface area contributed by atoms with Gasteiger partial charge in [-0.05, 0) is 26.0 Å². The number of nitrogens with zero attached hydrogens (tertiary/aromatic N) is 2. The topological polar surface area (TPSA) is 49.9 Å². The van der Waals surface area contributed by atoms with E-state index in [0.29, 0.717) is 13.1 Å². The van der Waals surface area contributed by atoms with Crippen LogP contribution in [0.2, 0.25) is 0 Å². The molecule has 23 heavy (non-hydrogen) atoms. The highest BCUT2D eigenvalue weighted by atomic mass is 32.2. The molecule has 2 aliphatic rings. The summed E-state index contributed by atoms with van der Waals surface area (Å²) in [6.45, 7) is 1.84. The Morgan fingerprint density at radius 1 is 1.13 bits per heavy atom. The molecule has 128 valence electrons. The number of ether oxygens (including phenoxy) is 1. The molecule has 6 heteroatoms. The number of para-hydroxylation sites is 1. The number of hydrogen-bond donors (Lipinski definition) is 0. The minimum atomic E-state index is -3.18. The Labute approximate surface area is 139 Å². The number of piperazine rings is 1. The van der Waals surface area contributed by atoms with Crippen LogP contribution in [0.25, 0.3) is 0 Å². The zero-order valence-corrected chi connectivity index (χ0v) is 14.8. The lowest BCUT2D eigenvalue weighted by atomic mass is 10.0. The van der Waals surface area contributed by atoms with Crippen molar-refractivity contribution in [2.24, 2.45) is 0 Å². The molecule has 1 unspecified atom stereocenters. The van der Waals surface area contributed by atoms with E-state index in [-0.39, 0.29) is 11.3 Å². The minimum absolute atomic E-state index is 0.0380. The van der Waals surface area contributed by atoms with E-state index in [9.17, 15) is 8.42 Å².